The van der Waals surface area contributed by atoms with Gasteiger partial charge in [-0.3, -0.25) is 10.1 Å². The third-order valence-corrected chi connectivity index (χ3v) is 3.05. The van der Waals surface area contributed by atoms with Crippen molar-refractivity contribution in [2.75, 3.05) is 13.7 Å². The van der Waals surface area contributed by atoms with E-state index in [2.05, 4.69) is 5.32 Å². The van der Waals surface area contributed by atoms with Gasteiger partial charge < -0.3 is 9.47 Å². The van der Waals surface area contributed by atoms with Gasteiger partial charge in [0.2, 0.25) is 0 Å². The van der Waals surface area contributed by atoms with Gasteiger partial charge in [0.05, 0.1) is 13.7 Å². The molecule has 0 heterocycles. The zero-order valence-corrected chi connectivity index (χ0v) is 13.0. The molecule has 1 rings (SSSR count). The first-order chi connectivity index (χ1) is 9.41. The minimum atomic E-state index is -0.723. The van der Waals surface area contributed by atoms with Crippen molar-refractivity contribution in [2.24, 2.45) is 0 Å². The van der Waals surface area contributed by atoms with Gasteiger partial charge in [-0.2, -0.15) is 0 Å². The summed E-state index contributed by atoms with van der Waals surface area (Å²) in [7, 11) is 1.64. The molecule has 0 bridgehead atoms. The van der Waals surface area contributed by atoms with Gasteiger partial charge in [0, 0.05) is 12.5 Å². The maximum absolute atomic E-state index is 12.2. The SMILES string of the molecule is CCOC(=O)C(C)(Cc1ccc(OC)cc1)NC(C)C. The summed E-state index contributed by atoms with van der Waals surface area (Å²) in [4.78, 5) is 12.2. The van der Waals surface area contributed by atoms with Crippen molar-refractivity contribution < 1.29 is 14.3 Å². The van der Waals surface area contributed by atoms with E-state index in [4.69, 9.17) is 9.47 Å². The lowest BCUT2D eigenvalue weighted by molar-refractivity contribution is -0.150. The molecule has 1 aromatic carbocycles. The molecule has 4 nitrogen and oxygen atoms in total. The molecular weight excluding hydrogens is 254 g/mol. The van der Waals surface area contributed by atoms with Crippen LogP contribution in [0.5, 0.6) is 5.75 Å². The van der Waals surface area contributed by atoms with Crippen LogP contribution in [0.2, 0.25) is 0 Å². The number of hydrogen-bond acceptors (Lipinski definition) is 4. The summed E-state index contributed by atoms with van der Waals surface area (Å²) < 4.78 is 10.3. The van der Waals surface area contributed by atoms with Crippen molar-refractivity contribution in [1.82, 2.24) is 5.32 Å². The van der Waals surface area contributed by atoms with Crippen LogP contribution < -0.4 is 10.1 Å². The summed E-state index contributed by atoms with van der Waals surface area (Å²) in [5, 5.41) is 3.31. The van der Waals surface area contributed by atoms with Crippen LogP contribution in [0, 0.1) is 0 Å². The van der Waals surface area contributed by atoms with E-state index in [9.17, 15) is 4.79 Å². The number of carbonyl (C=O) groups is 1. The number of esters is 1. The molecule has 1 aromatic rings. The topological polar surface area (TPSA) is 47.6 Å². The molecule has 20 heavy (non-hydrogen) atoms. The maximum atomic E-state index is 12.2. The molecule has 0 aliphatic carbocycles. The van der Waals surface area contributed by atoms with Gasteiger partial charge >= 0.3 is 5.97 Å². The van der Waals surface area contributed by atoms with Gasteiger partial charge in [-0.05, 0) is 45.4 Å². The first kappa shape index (κ1) is 16.5. The van der Waals surface area contributed by atoms with E-state index in [0.717, 1.165) is 11.3 Å². The Morgan fingerprint density at radius 1 is 1.30 bits per heavy atom. The molecule has 1 atom stereocenters. The lowest BCUT2D eigenvalue weighted by Crippen LogP contribution is -2.54. The van der Waals surface area contributed by atoms with Gasteiger partial charge in [-0.25, -0.2) is 0 Å². The molecular formula is C16H25NO3. The highest BCUT2D eigenvalue weighted by atomic mass is 16.5. The van der Waals surface area contributed by atoms with Crippen LogP contribution in [-0.4, -0.2) is 31.3 Å². The average Bonchev–Trinajstić information content (AvgIpc) is 2.39. The number of nitrogens with one attached hydrogen (secondary N) is 1. The molecule has 112 valence electrons. The minimum Gasteiger partial charge on any atom is -0.497 e. The average molecular weight is 279 g/mol. The van der Waals surface area contributed by atoms with Crippen LogP contribution >= 0.6 is 0 Å². The fraction of sp³-hybridized carbons (Fsp3) is 0.562. The lowest BCUT2D eigenvalue weighted by atomic mass is 9.92. The zero-order valence-electron chi connectivity index (χ0n) is 13.0. The molecule has 0 spiro atoms. The van der Waals surface area contributed by atoms with Crippen molar-refractivity contribution >= 4 is 5.97 Å². The second-order valence-electron chi connectivity index (χ2n) is 5.38. The highest BCUT2D eigenvalue weighted by Gasteiger charge is 2.35. The van der Waals surface area contributed by atoms with Crippen molar-refractivity contribution in [2.45, 2.75) is 45.7 Å². The summed E-state index contributed by atoms with van der Waals surface area (Å²) in [6.45, 7) is 8.13. The Labute approximate surface area is 121 Å². The first-order valence-corrected chi connectivity index (χ1v) is 6.99. The van der Waals surface area contributed by atoms with E-state index in [0.29, 0.717) is 13.0 Å². The first-order valence-electron chi connectivity index (χ1n) is 6.99. The molecule has 0 fully saturated rings. The number of rotatable bonds is 7. The maximum Gasteiger partial charge on any atom is 0.326 e. The summed E-state index contributed by atoms with van der Waals surface area (Å²) in [5.41, 5.74) is 0.341. The number of methoxy groups -OCH3 is 1. The molecule has 4 heteroatoms. The third kappa shape index (κ3) is 4.53. The number of carbonyl (C=O) groups excluding carboxylic acids is 1. The standard InChI is InChI=1S/C16H25NO3/c1-6-20-15(18)16(4,17-12(2)3)11-13-7-9-14(19-5)10-8-13/h7-10,12,17H,6,11H2,1-5H3. The molecule has 0 aromatic heterocycles. The smallest absolute Gasteiger partial charge is 0.326 e. The van der Waals surface area contributed by atoms with E-state index < -0.39 is 5.54 Å². The van der Waals surface area contributed by atoms with E-state index in [1.54, 1.807) is 7.11 Å². The molecule has 0 saturated carbocycles. The number of benzene rings is 1. The van der Waals surface area contributed by atoms with Gasteiger partial charge in [-0.1, -0.05) is 12.1 Å². The Bertz CT molecular complexity index is 428. The Balaban J connectivity index is 2.90. The van der Waals surface area contributed by atoms with Gasteiger partial charge in [0.25, 0.3) is 0 Å². The normalized spacial score (nSPS) is 13.9. The quantitative estimate of drug-likeness (QED) is 0.779. The number of ether oxygens (including phenoxy) is 2. The van der Waals surface area contributed by atoms with Crippen LogP contribution in [0.25, 0.3) is 0 Å². The van der Waals surface area contributed by atoms with Crippen LogP contribution in [0.1, 0.15) is 33.3 Å². The van der Waals surface area contributed by atoms with Gasteiger partial charge in [0.1, 0.15) is 11.3 Å². The Kier molecular flexibility index (Phi) is 6.02. The summed E-state index contributed by atoms with van der Waals surface area (Å²) in [6.07, 6.45) is 0.577. The fourth-order valence-corrected chi connectivity index (χ4v) is 2.26. The van der Waals surface area contributed by atoms with Gasteiger partial charge in [0.15, 0.2) is 0 Å². The Hall–Kier alpha value is -1.55. The monoisotopic (exact) mass is 279 g/mol. The van der Waals surface area contributed by atoms with Gasteiger partial charge in [-0.15, -0.1) is 0 Å². The minimum absolute atomic E-state index is 0.197. The highest BCUT2D eigenvalue weighted by Crippen LogP contribution is 2.19. The van der Waals surface area contributed by atoms with E-state index in [1.807, 2.05) is 52.0 Å². The molecule has 1 unspecified atom stereocenters. The predicted octanol–water partition coefficient (Wildman–Crippen LogP) is 2.56. The Morgan fingerprint density at radius 2 is 1.90 bits per heavy atom. The highest BCUT2D eigenvalue weighted by molar-refractivity contribution is 5.80. The lowest BCUT2D eigenvalue weighted by Gasteiger charge is -2.30. The van der Waals surface area contributed by atoms with Crippen LogP contribution in [0.3, 0.4) is 0 Å². The zero-order chi connectivity index (χ0) is 15.2. The molecule has 0 amide bonds. The van der Waals surface area contributed by atoms with E-state index in [1.165, 1.54) is 0 Å². The largest absolute Gasteiger partial charge is 0.497 e. The van der Waals surface area contributed by atoms with Crippen molar-refractivity contribution in [1.29, 1.82) is 0 Å². The third-order valence-electron chi connectivity index (χ3n) is 3.05. The van der Waals surface area contributed by atoms with Crippen molar-refractivity contribution in [3.05, 3.63) is 29.8 Å². The molecule has 0 saturated heterocycles. The fourth-order valence-electron chi connectivity index (χ4n) is 2.26. The summed E-state index contributed by atoms with van der Waals surface area (Å²) in [6, 6.07) is 7.94. The number of hydrogen-bond donors (Lipinski definition) is 1. The molecule has 0 aliphatic rings. The second-order valence-corrected chi connectivity index (χ2v) is 5.38. The molecule has 1 N–H and O–H groups in total. The summed E-state index contributed by atoms with van der Waals surface area (Å²) >= 11 is 0. The van der Waals surface area contributed by atoms with Crippen LogP contribution in [0.15, 0.2) is 24.3 Å². The van der Waals surface area contributed by atoms with Crippen molar-refractivity contribution in [3.8, 4) is 5.75 Å². The molecule has 0 radical (unpaired) electrons. The van der Waals surface area contributed by atoms with E-state index in [-0.39, 0.29) is 12.0 Å². The molecule has 0 aliphatic heterocycles. The van der Waals surface area contributed by atoms with Crippen LogP contribution in [-0.2, 0) is 16.0 Å². The van der Waals surface area contributed by atoms with Crippen LogP contribution in [0.4, 0.5) is 0 Å². The Morgan fingerprint density at radius 3 is 2.35 bits per heavy atom. The summed E-state index contributed by atoms with van der Waals surface area (Å²) in [5.74, 6) is 0.591. The predicted molar refractivity (Wildman–Crippen MR) is 80.0 cm³/mol. The van der Waals surface area contributed by atoms with Crippen molar-refractivity contribution in [3.63, 3.8) is 0 Å². The second kappa shape index (κ2) is 7.29. The van der Waals surface area contributed by atoms with E-state index >= 15 is 0 Å².